The highest BCUT2D eigenvalue weighted by Gasteiger charge is 2.18. The molecule has 2 aromatic rings. The van der Waals surface area contributed by atoms with Crippen LogP contribution in [0.15, 0.2) is 36.5 Å². The number of nitrogen functional groups attached to an aromatic ring is 1. The topological polar surface area (TPSA) is 115 Å². The van der Waals surface area contributed by atoms with Gasteiger partial charge in [0, 0.05) is 5.56 Å². The molecule has 0 saturated heterocycles. The second-order valence-corrected chi connectivity index (χ2v) is 4.07. The van der Waals surface area contributed by atoms with Gasteiger partial charge in [-0.05, 0) is 25.1 Å². The lowest BCUT2D eigenvalue weighted by atomic mass is 10.2. The molecule has 0 atom stereocenters. The Balaban J connectivity index is 2.33. The van der Waals surface area contributed by atoms with Gasteiger partial charge in [0.2, 0.25) is 5.75 Å². The maximum absolute atomic E-state index is 11.0. The molecule has 1 aromatic carbocycles. The minimum absolute atomic E-state index is 0.0804. The van der Waals surface area contributed by atoms with Crippen molar-refractivity contribution in [3.05, 3.63) is 57.9 Å². The summed E-state index contributed by atoms with van der Waals surface area (Å²) < 4.78 is 5.47. The number of rotatable bonds is 4. The zero-order chi connectivity index (χ0) is 14.7. The highest BCUT2D eigenvalue weighted by atomic mass is 16.6. The molecule has 0 aliphatic carbocycles. The van der Waals surface area contributed by atoms with Gasteiger partial charge < -0.3 is 10.5 Å². The summed E-state index contributed by atoms with van der Waals surface area (Å²) in [5.41, 5.74) is 6.04. The number of para-hydroxylation sites is 1. The minimum atomic E-state index is -0.484. The van der Waals surface area contributed by atoms with Crippen molar-refractivity contribution in [2.24, 2.45) is 5.73 Å². The summed E-state index contributed by atoms with van der Waals surface area (Å²) in [6.07, 6.45) is 1.36. The Kier molecular flexibility index (Phi) is 3.60. The number of nitrogens with zero attached hydrogens (tertiary/aromatic N) is 2. The van der Waals surface area contributed by atoms with Crippen LogP contribution in [0, 0.1) is 22.4 Å². The summed E-state index contributed by atoms with van der Waals surface area (Å²) in [6, 6.07) is 7.90. The van der Waals surface area contributed by atoms with Crippen LogP contribution in [-0.2, 0) is 0 Å². The van der Waals surface area contributed by atoms with Gasteiger partial charge >= 0.3 is 5.69 Å². The second kappa shape index (κ2) is 5.35. The minimum Gasteiger partial charge on any atom is -0.448 e. The van der Waals surface area contributed by atoms with Crippen molar-refractivity contribution in [1.29, 1.82) is 5.41 Å². The summed E-state index contributed by atoms with van der Waals surface area (Å²) in [4.78, 5) is 14.5. The van der Waals surface area contributed by atoms with Crippen molar-refractivity contribution < 1.29 is 9.66 Å². The van der Waals surface area contributed by atoms with E-state index < -0.39 is 4.92 Å². The molecule has 0 bridgehead atoms. The van der Waals surface area contributed by atoms with E-state index in [4.69, 9.17) is 15.9 Å². The Morgan fingerprint density at radius 1 is 1.40 bits per heavy atom. The number of nitrogens with two attached hydrogens (primary N) is 1. The second-order valence-electron chi connectivity index (χ2n) is 4.07. The van der Waals surface area contributed by atoms with Crippen LogP contribution in [0.4, 0.5) is 5.69 Å². The molecule has 7 nitrogen and oxygen atoms in total. The molecule has 7 heteroatoms. The number of nitro groups is 1. The third kappa shape index (κ3) is 2.72. The van der Waals surface area contributed by atoms with Crippen LogP contribution in [0.1, 0.15) is 11.3 Å². The van der Waals surface area contributed by atoms with Gasteiger partial charge in [0.1, 0.15) is 17.3 Å². The highest BCUT2D eigenvalue weighted by Crippen LogP contribution is 2.33. The van der Waals surface area contributed by atoms with Crippen LogP contribution in [0.5, 0.6) is 11.5 Å². The average Bonchev–Trinajstić information content (AvgIpc) is 2.39. The van der Waals surface area contributed by atoms with Gasteiger partial charge in [0.05, 0.1) is 11.1 Å². The number of amidine groups is 1. The summed E-state index contributed by atoms with van der Waals surface area (Å²) in [5, 5.41) is 18.3. The number of nitro benzene ring substituents is 1. The third-order valence-electron chi connectivity index (χ3n) is 2.62. The molecule has 0 spiro atoms. The van der Waals surface area contributed by atoms with Crippen molar-refractivity contribution in [1.82, 2.24) is 4.98 Å². The van der Waals surface area contributed by atoms with Crippen LogP contribution < -0.4 is 10.5 Å². The number of ether oxygens (including phenoxy) is 1. The first-order chi connectivity index (χ1) is 9.49. The number of hydrogen-bond acceptors (Lipinski definition) is 5. The molecule has 1 heterocycles. The molecule has 2 rings (SSSR count). The number of aryl methyl sites for hydroxylation is 1. The van der Waals surface area contributed by atoms with E-state index in [0.717, 1.165) is 0 Å². The van der Waals surface area contributed by atoms with Crippen LogP contribution >= 0.6 is 0 Å². The van der Waals surface area contributed by atoms with Crippen LogP contribution in [0.3, 0.4) is 0 Å². The van der Waals surface area contributed by atoms with E-state index >= 15 is 0 Å². The van der Waals surface area contributed by atoms with Gasteiger partial charge in [-0.25, -0.2) is 4.98 Å². The first-order valence-electron chi connectivity index (χ1n) is 5.71. The van der Waals surface area contributed by atoms with Crippen molar-refractivity contribution >= 4 is 11.5 Å². The Labute approximate surface area is 114 Å². The molecular formula is C13H12N4O3. The van der Waals surface area contributed by atoms with E-state index in [1.165, 1.54) is 18.3 Å². The fourth-order valence-electron chi connectivity index (χ4n) is 1.68. The van der Waals surface area contributed by atoms with Gasteiger partial charge in [-0.1, -0.05) is 12.1 Å². The van der Waals surface area contributed by atoms with Crippen molar-refractivity contribution in [2.75, 3.05) is 0 Å². The summed E-state index contributed by atoms with van der Waals surface area (Å²) in [6.45, 7) is 1.64. The van der Waals surface area contributed by atoms with Gasteiger partial charge in [0.15, 0.2) is 0 Å². The van der Waals surface area contributed by atoms with Gasteiger partial charge in [0.25, 0.3) is 0 Å². The molecule has 0 saturated carbocycles. The monoisotopic (exact) mass is 272 g/mol. The Bertz CT molecular complexity index is 668. The lowest BCUT2D eigenvalue weighted by Gasteiger charge is -2.07. The van der Waals surface area contributed by atoms with Gasteiger partial charge in [-0.15, -0.1) is 0 Å². The third-order valence-corrected chi connectivity index (χ3v) is 2.62. The van der Waals surface area contributed by atoms with Crippen LogP contribution in [0.25, 0.3) is 0 Å². The van der Waals surface area contributed by atoms with E-state index in [9.17, 15) is 10.1 Å². The zero-order valence-corrected chi connectivity index (χ0v) is 10.7. The number of nitrogens with one attached hydrogen (secondary N) is 1. The summed E-state index contributed by atoms with van der Waals surface area (Å²) in [5.74, 6) is 0.328. The molecule has 0 unspecified atom stereocenters. The predicted molar refractivity (Wildman–Crippen MR) is 73.2 cm³/mol. The SMILES string of the molecule is Cc1cccc(Oc2ccc(C(=N)N)nc2)c1[N+](=O)[O-]. The highest BCUT2D eigenvalue weighted by molar-refractivity contribution is 5.92. The summed E-state index contributed by atoms with van der Waals surface area (Å²) in [7, 11) is 0. The molecule has 0 aliphatic heterocycles. The van der Waals surface area contributed by atoms with Crippen molar-refractivity contribution in [3.8, 4) is 11.5 Å². The largest absolute Gasteiger partial charge is 0.448 e. The molecule has 0 aliphatic rings. The fraction of sp³-hybridized carbons (Fsp3) is 0.0769. The maximum Gasteiger partial charge on any atom is 0.314 e. The van der Waals surface area contributed by atoms with Crippen LogP contribution in [0.2, 0.25) is 0 Å². The van der Waals surface area contributed by atoms with E-state index in [0.29, 0.717) is 17.0 Å². The zero-order valence-electron chi connectivity index (χ0n) is 10.7. The Hall–Kier alpha value is -2.96. The van der Waals surface area contributed by atoms with E-state index in [1.807, 2.05) is 0 Å². The van der Waals surface area contributed by atoms with E-state index in [1.54, 1.807) is 25.1 Å². The number of pyridine rings is 1. The quantitative estimate of drug-likeness (QED) is 0.383. The van der Waals surface area contributed by atoms with Crippen molar-refractivity contribution in [2.45, 2.75) is 6.92 Å². The van der Waals surface area contributed by atoms with Crippen LogP contribution in [-0.4, -0.2) is 15.7 Å². The fourth-order valence-corrected chi connectivity index (χ4v) is 1.68. The molecule has 1 aromatic heterocycles. The average molecular weight is 272 g/mol. The van der Waals surface area contributed by atoms with Crippen molar-refractivity contribution in [3.63, 3.8) is 0 Å². The van der Waals surface area contributed by atoms with Gasteiger partial charge in [-0.3, -0.25) is 15.5 Å². The first kappa shape index (κ1) is 13.5. The molecule has 102 valence electrons. The molecule has 3 N–H and O–H groups in total. The Morgan fingerprint density at radius 2 is 2.15 bits per heavy atom. The molecule has 0 fully saturated rings. The molecule has 20 heavy (non-hydrogen) atoms. The number of hydrogen-bond donors (Lipinski definition) is 2. The Morgan fingerprint density at radius 3 is 2.70 bits per heavy atom. The lowest BCUT2D eigenvalue weighted by molar-refractivity contribution is -0.386. The smallest absolute Gasteiger partial charge is 0.314 e. The summed E-state index contributed by atoms with van der Waals surface area (Å²) >= 11 is 0. The molecule has 0 amide bonds. The maximum atomic E-state index is 11.0. The van der Waals surface area contributed by atoms with E-state index in [-0.39, 0.29) is 17.3 Å². The lowest BCUT2D eigenvalue weighted by Crippen LogP contribution is -2.12. The van der Waals surface area contributed by atoms with Gasteiger partial charge in [-0.2, -0.15) is 0 Å². The molecular weight excluding hydrogens is 260 g/mol. The number of aromatic nitrogens is 1. The van der Waals surface area contributed by atoms with E-state index in [2.05, 4.69) is 4.98 Å². The normalized spacial score (nSPS) is 10.1. The number of benzene rings is 1. The first-order valence-corrected chi connectivity index (χ1v) is 5.71. The predicted octanol–water partition coefficient (Wildman–Crippen LogP) is 2.37. The molecule has 0 radical (unpaired) electrons. The standard InChI is InChI=1S/C13H12N4O3/c1-8-3-2-4-11(12(8)17(18)19)20-9-5-6-10(13(14)15)16-7-9/h2-7H,1H3,(H3,14,15).